The van der Waals surface area contributed by atoms with E-state index in [0.717, 1.165) is 12.1 Å². The van der Waals surface area contributed by atoms with Crippen LogP contribution in [-0.4, -0.2) is 73.7 Å². The molecule has 4 rings (SSSR count). The number of hydrogen-bond donors (Lipinski definition) is 2. The number of aliphatic hydroxyl groups is 1. The fourth-order valence-electron chi connectivity index (χ4n) is 5.06. The molecule has 1 aliphatic rings. The maximum absolute atomic E-state index is 13.6. The van der Waals surface area contributed by atoms with Crippen molar-refractivity contribution >= 4 is 21.7 Å². The van der Waals surface area contributed by atoms with Gasteiger partial charge in [0.25, 0.3) is 5.91 Å². The molecule has 1 unspecified atom stereocenters. The van der Waals surface area contributed by atoms with Gasteiger partial charge in [-0.25, -0.2) is 22.8 Å². The van der Waals surface area contributed by atoms with Crippen molar-refractivity contribution in [2.45, 2.75) is 54.9 Å². The third-order valence-electron chi connectivity index (χ3n) is 7.72. The highest BCUT2D eigenvalue weighted by Gasteiger charge is 2.37. The summed E-state index contributed by atoms with van der Waals surface area (Å²) in [6, 6.07) is 8.69. The Morgan fingerprint density at radius 2 is 1.67 bits per heavy atom. The standard InChI is InChI=1S/C30H32F6N4O5S/c1-2-46(43,44)25-11-6-20(7-12-25)26(16-41)39-27(42)22-13-37-28(38-14-22)40-15-21(5-10-24(40)17-45-29(32,33)18-31)19-3-8-23(9-4-19)30(34,35)36/h3-4,6-9,11-14,21,24,26,41H,2,5,10,15-18H2,1H3,(H,39,42)/t21?,24-,26-/m0/s1. The van der Waals surface area contributed by atoms with Crippen molar-refractivity contribution in [2.24, 2.45) is 0 Å². The minimum atomic E-state index is -4.51. The van der Waals surface area contributed by atoms with Crippen LogP contribution in [0, 0.1) is 0 Å². The van der Waals surface area contributed by atoms with Gasteiger partial charge in [0.05, 0.1) is 47.1 Å². The van der Waals surface area contributed by atoms with E-state index in [0.29, 0.717) is 17.5 Å². The Labute approximate surface area is 261 Å². The topological polar surface area (TPSA) is 122 Å². The number of anilines is 1. The third kappa shape index (κ3) is 8.53. The second-order valence-corrected chi connectivity index (χ2v) is 13.0. The molecule has 1 fully saturated rings. The number of benzene rings is 2. The monoisotopic (exact) mass is 674 g/mol. The van der Waals surface area contributed by atoms with Crippen LogP contribution >= 0.6 is 0 Å². The van der Waals surface area contributed by atoms with Crippen LogP contribution in [0.25, 0.3) is 0 Å². The molecule has 2 heterocycles. The molecule has 16 heteroatoms. The lowest BCUT2D eigenvalue weighted by atomic mass is 9.87. The average molecular weight is 675 g/mol. The Morgan fingerprint density at radius 3 is 2.22 bits per heavy atom. The highest BCUT2D eigenvalue weighted by atomic mass is 32.2. The minimum Gasteiger partial charge on any atom is -0.394 e. The molecule has 1 saturated heterocycles. The molecule has 1 aliphatic heterocycles. The molecule has 0 bridgehead atoms. The smallest absolute Gasteiger partial charge is 0.394 e. The molecule has 2 N–H and O–H groups in total. The lowest BCUT2D eigenvalue weighted by Gasteiger charge is -2.40. The van der Waals surface area contributed by atoms with E-state index in [-0.39, 0.29) is 41.0 Å². The Hall–Kier alpha value is -3.76. The maximum atomic E-state index is 13.6. The van der Waals surface area contributed by atoms with E-state index < -0.39 is 65.6 Å². The molecule has 0 radical (unpaired) electrons. The second-order valence-electron chi connectivity index (χ2n) is 10.7. The SMILES string of the molecule is CCS(=O)(=O)c1ccc([C@H](CO)NC(=O)c2cnc(N3CC(c4ccc(C(F)(F)F)cc4)CC[C@H]3COC(F)(F)CF)nc2)cc1. The van der Waals surface area contributed by atoms with Gasteiger partial charge in [0, 0.05) is 24.9 Å². The normalized spacial score (nSPS) is 18.3. The zero-order valence-corrected chi connectivity index (χ0v) is 25.4. The fraction of sp³-hybridized carbons (Fsp3) is 0.433. The summed E-state index contributed by atoms with van der Waals surface area (Å²) in [7, 11) is -3.44. The van der Waals surface area contributed by atoms with E-state index in [2.05, 4.69) is 20.0 Å². The molecule has 3 atom stereocenters. The molecule has 2 aromatic carbocycles. The molecule has 0 saturated carbocycles. The number of hydrogen-bond acceptors (Lipinski definition) is 8. The number of amides is 1. The van der Waals surface area contributed by atoms with Crippen LogP contribution < -0.4 is 10.2 Å². The van der Waals surface area contributed by atoms with Crippen LogP contribution in [0.4, 0.5) is 32.3 Å². The number of nitrogens with zero attached hydrogens (tertiary/aromatic N) is 3. The quantitative estimate of drug-likeness (QED) is 0.255. The summed E-state index contributed by atoms with van der Waals surface area (Å²) in [6.07, 6.45) is -5.51. The summed E-state index contributed by atoms with van der Waals surface area (Å²) in [5.41, 5.74) is 0.197. The van der Waals surface area contributed by atoms with Crippen molar-refractivity contribution in [3.05, 3.63) is 83.2 Å². The van der Waals surface area contributed by atoms with E-state index in [1.165, 1.54) is 60.6 Å². The average Bonchev–Trinajstić information content (AvgIpc) is 3.06. The van der Waals surface area contributed by atoms with Gasteiger partial charge in [-0.3, -0.25) is 4.79 Å². The summed E-state index contributed by atoms with van der Waals surface area (Å²) in [5.74, 6) is -1.06. The van der Waals surface area contributed by atoms with E-state index in [1.807, 2.05) is 0 Å². The van der Waals surface area contributed by atoms with Crippen LogP contribution in [-0.2, 0) is 20.8 Å². The van der Waals surface area contributed by atoms with Crippen molar-refractivity contribution in [2.75, 3.05) is 37.1 Å². The predicted molar refractivity (Wildman–Crippen MR) is 155 cm³/mol. The van der Waals surface area contributed by atoms with Crippen molar-refractivity contribution < 1.29 is 49.4 Å². The van der Waals surface area contributed by atoms with Gasteiger partial charge in [-0.2, -0.15) is 22.0 Å². The van der Waals surface area contributed by atoms with Gasteiger partial charge < -0.3 is 20.1 Å². The van der Waals surface area contributed by atoms with Gasteiger partial charge in [-0.15, -0.1) is 0 Å². The molecule has 46 heavy (non-hydrogen) atoms. The van der Waals surface area contributed by atoms with Crippen molar-refractivity contribution in [1.82, 2.24) is 15.3 Å². The number of aromatic nitrogens is 2. The van der Waals surface area contributed by atoms with Crippen molar-refractivity contribution in [3.63, 3.8) is 0 Å². The first-order valence-electron chi connectivity index (χ1n) is 14.3. The largest absolute Gasteiger partial charge is 0.416 e. The Balaban J connectivity index is 1.51. The van der Waals surface area contributed by atoms with Crippen molar-refractivity contribution in [3.8, 4) is 0 Å². The van der Waals surface area contributed by atoms with Crippen LogP contribution in [0.2, 0.25) is 0 Å². The van der Waals surface area contributed by atoms with E-state index in [4.69, 9.17) is 0 Å². The second kappa shape index (κ2) is 14.3. The molecular formula is C30H32F6N4O5S. The Morgan fingerprint density at radius 1 is 1.04 bits per heavy atom. The first kappa shape index (κ1) is 35.1. The maximum Gasteiger partial charge on any atom is 0.416 e. The molecule has 0 aliphatic carbocycles. The van der Waals surface area contributed by atoms with Crippen LogP contribution in [0.3, 0.4) is 0 Å². The van der Waals surface area contributed by atoms with E-state index in [1.54, 1.807) is 0 Å². The van der Waals surface area contributed by atoms with Crippen LogP contribution in [0.5, 0.6) is 0 Å². The zero-order valence-electron chi connectivity index (χ0n) is 24.6. The molecule has 9 nitrogen and oxygen atoms in total. The number of carbonyl (C=O) groups excluding carboxylic acids is 1. The Kier molecular flexibility index (Phi) is 10.9. The summed E-state index contributed by atoms with van der Waals surface area (Å²) < 4.78 is 108. The number of rotatable bonds is 12. The summed E-state index contributed by atoms with van der Waals surface area (Å²) in [6.45, 7) is -1.49. The van der Waals surface area contributed by atoms with Gasteiger partial charge in [0.1, 0.15) is 0 Å². The highest BCUT2D eigenvalue weighted by Crippen LogP contribution is 2.35. The first-order valence-corrected chi connectivity index (χ1v) is 15.9. The molecular weight excluding hydrogens is 642 g/mol. The molecule has 250 valence electrons. The lowest BCUT2D eigenvalue weighted by molar-refractivity contribution is -0.248. The Bertz CT molecular complexity index is 1570. The van der Waals surface area contributed by atoms with E-state index in [9.17, 15) is 44.7 Å². The highest BCUT2D eigenvalue weighted by molar-refractivity contribution is 7.91. The van der Waals surface area contributed by atoms with Gasteiger partial charge in [-0.05, 0) is 48.2 Å². The number of nitrogens with one attached hydrogen (secondary N) is 1. The molecule has 1 aromatic heterocycles. The summed E-state index contributed by atoms with van der Waals surface area (Å²) in [5, 5.41) is 12.5. The number of aliphatic hydroxyl groups excluding tert-OH is 1. The van der Waals surface area contributed by atoms with Crippen molar-refractivity contribution in [1.29, 1.82) is 0 Å². The third-order valence-corrected chi connectivity index (χ3v) is 9.48. The van der Waals surface area contributed by atoms with Crippen LogP contribution in [0.15, 0.2) is 65.8 Å². The summed E-state index contributed by atoms with van der Waals surface area (Å²) >= 11 is 0. The fourth-order valence-corrected chi connectivity index (χ4v) is 5.94. The number of sulfone groups is 1. The summed E-state index contributed by atoms with van der Waals surface area (Å²) in [4.78, 5) is 23.0. The molecule has 0 spiro atoms. The van der Waals surface area contributed by atoms with E-state index >= 15 is 0 Å². The first-order chi connectivity index (χ1) is 21.7. The van der Waals surface area contributed by atoms with Gasteiger partial charge >= 0.3 is 12.3 Å². The minimum absolute atomic E-state index is 0.0135. The number of alkyl halides is 6. The van der Waals surface area contributed by atoms with Gasteiger partial charge in [0.2, 0.25) is 5.95 Å². The predicted octanol–water partition coefficient (Wildman–Crippen LogP) is 5.08. The number of halogens is 6. The molecule has 1 amide bonds. The number of ether oxygens (including phenoxy) is 1. The molecule has 3 aromatic rings. The van der Waals surface area contributed by atoms with Gasteiger partial charge in [0.15, 0.2) is 16.5 Å². The number of carbonyl (C=O) groups is 1. The zero-order chi connectivity index (χ0) is 33.7. The lowest BCUT2D eigenvalue weighted by Crippen LogP contribution is -2.47. The number of piperidine rings is 1. The van der Waals surface area contributed by atoms with Gasteiger partial charge in [-0.1, -0.05) is 31.2 Å². The van der Waals surface area contributed by atoms with Crippen LogP contribution in [0.1, 0.15) is 58.8 Å².